The highest BCUT2D eigenvalue weighted by molar-refractivity contribution is 6.84. The van der Waals surface area contributed by atoms with Gasteiger partial charge in [-0.1, -0.05) is 0 Å². The van der Waals surface area contributed by atoms with Crippen LogP contribution in [0.2, 0.25) is 38.8 Å². The SMILES string of the molecule is CCOC(C)C[Si](C)(C)O[Si](C)(C)C. The molecular formula is C10H26O2Si2. The molecule has 0 amide bonds. The van der Waals surface area contributed by atoms with E-state index >= 15 is 0 Å². The van der Waals surface area contributed by atoms with Crippen LogP contribution in [0.3, 0.4) is 0 Å². The maximum atomic E-state index is 6.24. The lowest BCUT2D eigenvalue weighted by Gasteiger charge is -2.33. The second-order valence-electron chi connectivity index (χ2n) is 5.44. The van der Waals surface area contributed by atoms with Crippen molar-refractivity contribution >= 4 is 16.6 Å². The van der Waals surface area contributed by atoms with Crippen molar-refractivity contribution in [2.75, 3.05) is 6.61 Å². The molecule has 2 nitrogen and oxygen atoms in total. The number of rotatable bonds is 6. The summed E-state index contributed by atoms with van der Waals surface area (Å²) in [6, 6.07) is 1.10. The number of hydrogen-bond donors (Lipinski definition) is 0. The quantitative estimate of drug-likeness (QED) is 0.655. The van der Waals surface area contributed by atoms with Gasteiger partial charge in [0.2, 0.25) is 0 Å². The Morgan fingerprint density at radius 3 is 1.93 bits per heavy atom. The van der Waals surface area contributed by atoms with Crippen LogP contribution in [-0.2, 0) is 8.85 Å². The molecule has 0 aromatic heterocycles. The molecule has 0 aliphatic carbocycles. The van der Waals surface area contributed by atoms with E-state index in [1.807, 2.05) is 6.92 Å². The predicted octanol–water partition coefficient (Wildman–Crippen LogP) is 3.47. The lowest BCUT2D eigenvalue weighted by atomic mass is 10.5. The van der Waals surface area contributed by atoms with Crippen molar-refractivity contribution in [1.82, 2.24) is 0 Å². The van der Waals surface area contributed by atoms with Crippen molar-refractivity contribution < 1.29 is 8.85 Å². The second kappa shape index (κ2) is 5.44. The summed E-state index contributed by atoms with van der Waals surface area (Å²) >= 11 is 0. The molecule has 0 aromatic carbocycles. The van der Waals surface area contributed by atoms with Crippen molar-refractivity contribution in [1.29, 1.82) is 0 Å². The van der Waals surface area contributed by atoms with Crippen LogP contribution in [0.4, 0.5) is 0 Å². The van der Waals surface area contributed by atoms with Gasteiger partial charge in [-0.15, -0.1) is 0 Å². The van der Waals surface area contributed by atoms with E-state index in [1.165, 1.54) is 0 Å². The molecule has 1 atom stereocenters. The molecule has 14 heavy (non-hydrogen) atoms. The third kappa shape index (κ3) is 7.73. The number of ether oxygens (including phenoxy) is 1. The van der Waals surface area contributed by atoms with Crippen LogP contribution in [0.25, 0.3) is 0 Å². The van der Waals surface area contributed by atoms with Crippen LogP contribution < -0.4 is 0 Å². The summed E-state index contributed by atoms with van der Waals surface area (Å²) in [5.41, 5.74) is 0. The Labute approximate surface area is 91.3 Å². The summed E-state index contributed by atoms with van der Waals surface area (Å²) in [6.45, 7) is 16.4. The zero-order valence-corrected chi connectivity index (χ0v) is 12.8. The van der Waals surface area contributed by atoms with Crippen LogP contribution in [0.1, 0.15) is 13.8 Å². The highest BCUT2D eigenvalue weighted by atomic mass is 28.4. The van der Waals surface area contributed by atoms with Gasteiger partial charge in [0.15, 0.2) is 16.6 Å². The van der Waals surface area contributed by atoms with Crippen molar-refractivity contribution in [3.8, 4) is 0 Å². The minimum Gasteiger partial charge on any atom is -0.456 e. The first-order chi connectivity index (χ1) is 6.16. The molecule has 0 rings (SSSR count). The van der Waals surface area contributed by atoms with Crippen LogP contribution in [0.5, 0.6) is 0 Å². The molecule has 0 bridgehead atoms. The maximum Gasteiger partial charge on any atom is 0.175 e. The van der Waals surface area contributed by atoms with E-state index in [4.69, 9.17) is 8.85 Å². The third-order valence-corrected chi connectivity index (χ3v) is 8.03. The molecule has 0 N–H and O–H groups in total. The molecular weight excluding hydrogens is 208 g/mol. The zero-order chi connectivity index (χ0) is 11.4. The van der Waals surface area contributed by atoms with Crippen LogP contribution >= 0.6 is 0 Å². The Kier molecular flexibility index (Phi) is 5.58. The monoisotopic (exact) mass is 234 g/mol. The van der Waals surface area contributed by atoms with Gasteiger partial charge in [-0.25, -0.2) is 0 Å². The summed E-state index contributed by atoms with van der Waals surface area (Å²) in [6.07, 6.45) is 0.345. The first-order valence-corrected chi connectivity index (χ1v) is 12.0. The number of hydrogen-bond acceptors (Lipinski definition) is 2. The third-order valence-electron chi connectivity index (χ3n) is 1.81. The molecule has 0 spiro atoms. The van der Waals surface area contributed by atoms with Gasteiger partial charge in [0, 0.05) is 6.61 Å². The van der Waals surface area contributed by atoms with Crippen LogP contribution in [0, 0.1) is 0 Å². The van der Waals surface area contributed by atoms with Gasteiger partial charge in [-0.05, 0) is 52.6 Å². The van der Waals surface area contributed by atoms with E-state index in [-0.39, 0.29) is 0 Å². The van der Waals surface area contributed by atoms with Crippen LogP contribution in [0.15, 0.2) is 0 Å². The van der Waals surface area contributed by atoms with E-state index in [9.17, 15) is 0 Å². The van der Waals surface area contributed by atoms with Crippen LogP contribution in [-0.4, -0.2) is 29.3 Å². The van der Waals surface area contributed by atoms with Gasteiger partial charge in [0.1, 0.15) is 0 Å². The van der Waals surface area contributed by atoms with E-state index < -0.39 is 16.6 Å². The second-order valence-corrected chi connectivity index (χ2v) is 14.4. The molecule has 0 aliphatic heterocycles. The Balaban J connectivity index is 4.06. The van der Waals surface area contributed by atoms with E-state index in [2.05, 4.69) is 39.7 Å². The molecule has 0 heterocycles. The summed E-state index contributed by atoms with van der Waals surface area (Å²) in [5.74, 6) is 0. The van der Waals surface area contributed by atoms with Gasteiger partial charge in [0.25, 0.3) is 0 Å². The van der Waals surface area contributed by atoms with E-state index in [0.717, 1.165) is 12.7 Å². The molecule has 0 fully saturated rings. The minimum absolute atomic E-state index is 0.345. The Bertz CT molecular complexity index is 164. The Morgan fingerprint density at radius 1 is 1.07 bits per heavy atom. The van der Waals surface area contributed by atoms with Gasteiger partial charge in [0.05, 0.1) is 6.10 Å². The van der Waals surface area contributed by atoms with Crippen molar-refractivity contribution in [3.63, 3.8) is 0 Å². The lowest BCUT2D eigenvalue weighted by Crippen LogP contribution is -2.44. The first-order valence-electron chi connectivity index (χ1n) is 5.48. The molecule has 4 heteroatoms. The standard InChI is InChI=1S/C10H26O2Si2/c1-8-11-10(2)9-14(6,7)12-13(3,4)5/h10H,8-9H2,1-7H3. The predicted molar refractivity (Wildman–Crippen MR) is 67.8 cm³/mol. The zero-order valence-electron chi connectivity index (χ0n) is 10.8. The van der Waals surface area contributed by atoms with Crippen molar-refractivity contribution in [2.45, 2.75) is 58.7 Å². The van der Waals surface area contributed by atoms with Gasteiger partial charge in [-0.2, -0.15) is 0 Å². The molecule has 0 saturated heterocycles. The highest BCUT2D eigenvalue weighted by Crippen LogP contribution is 2.20. The Hall–Kier alpha value is 0.354. The molecule has 0 aromatic rings. The molecule has 0 saturated carbocycles. The van der Waals surface area contributed by atoms with E-state index in [1.54, 1.807) is 0 Å². The molecule has 1 unspecified atom stereocenters. The van der Waals surface area contributed by atoms with Crippen molar-refractivity contribution in [3.05, 3.63) is 0 Å². The fraction of sp³-hybridized carbons (Fsp3) is 1.00. The fourth-order valence-corrected chi connectivity index (χ4v) is 10.4. The van der Waals surface area contributed by atoms with E-state index in [0.29, 0.717) is 6.10 Å². The van der Waals surface area contributed by atoms with Gasteiger partial charge >= 0.3 is 0 Å². The minimum atomic E-state index is -1.50. The summed E-state index contributed by atoms with van der Waals surface area (Å²) < 4.78 is 11.8. The maximum absolute atomic E-state index is 6.24. The normalized spacial score (nSPS) is 15.6. The van der Waals surface area contributed by atoms with Crippen molar-refractivity contribution in [2.24, 2.45) is 0 Å². The Morgan fingerprint density at radius 2 is 1.57 bits per heavy atom. The largest absolute Gasteiger partial charge is 0.456 e. The van der Waals surface area contributed by atoms with Gasteiger partial charge < -0.3 is 8.85 Å². The summed E-state index contributed by atoms with van der Waals surface area (Å²) in [7, 11) is -2.88. The summed E-state index contributed by atoms with van der Waals surface area (Å²) in [5, 5.41) is 0. The smallest absolute Gasteiger partial charge is 0.175 e. The molecule has 0 radical (unpaired) electrons. The van der Waals surface area contributed by atoms with Gasteiger partial charge in [-0.3, -0.25) is 0 Å². The lowest BCUT2D eigenvalue weighted by molar-refractivity contribution is 0.0871. The first kappa shape index (κ1) is 14.4. The highest BCUT2D eigenvalue weighted by Gasteiger charge is 2.31. The fourth-order valence-electron chi connectivity index (χ4n) is 1.91. The molecule has 0 aliphatic rings. The average Bonchev–Trinajstić information content (AvgIpc) is 1.78. The molecule has 86 valence electrons. The topological polar surface area (TPSA) is 18.5 Å². The average molecular weight is 234 g/mol. The summed E-state index contributed by atoms with van der Waals surface area (Å²) in [4.78, 5) is 0.